The molecule has 0 atom stereocenters. The molecule has 0 unspecified atom stereocenters. The Hall–Kier alpha value is -1.65. The van der Waals surface area contributed by atoms with Gasteiger partial charge < -0.3 is 9.47 Å². The highest BCUT2D eigenvalue weighted by atomic mass is 19.1. The van der Waals surface area contributed by atoms with Gasteiger partial charge in [-0.1, -0.05) is 12.7 Å². The number of halogens is 1. The Balaban J connectivity index is 5.36. The summed E-state index contributed by atoms with van der Waals surface area (Å²) in [5.41, 5.74) is -1.65. The van der Waals surface area contributed by atoms with Gasteiger partial charge in [-0.15, -0.1) is 6.58 Å². The maximum absolute atomic E-state index is 13.3. The molecule has 0 aromatic carbocycles. The molecule has 5 heteroatoms. The van der Waals surface area contributed by atoms with E-state index in [0.29, 0.717) is 12.8 Å². The molecule has 0 aromatic rings. The molecular weight excluding hydrogens is 263 g/mol. The van der Waals surface area contributed by atoms with Crippen LogP contribution in [0.15, 0.2) is 25.1 Å². The van der Waals surface area contributed by atoms with E-state index in [2.05, 4.69) is 13.2 Å². The van der Waals surface area contributed by atoms with Crippen molar-refractivity contribution in [1.82, 2.24) is 0 Å². The van der Waals surface area contributed by atoms with E-state index in [1.54, 1.807) is 19.9 Å². The largest absolute Gasteiger partial charge is 0.465 e. The molecular formula is C15H23FO4. The van der Waals surface area contributed by atoms with E-state index in [-0.39, 0.29) is 19.6 Å². The van der Waals surface area contributed by atoms with Gasteiger partial charge in [-0.05, 0) is 33.1 Å². The van der Waals surface area contributed by atoms with Gasteiger partial charge >= 0.3 is 11.9 Å². The minimum absolute atomic E-state index is 0.111. The third-order valence-corrected chi connectivity index (χ3v) is 2.84. The normalized spacial score (nSPS) is 10.8. The summed E-state index contributed by atoms with van der Waals surface area (Å²) in [6.07, 6.45) is 2.51. The Morgan fingerprint density at radius 1 is 1.20 bits per heavy atom. The lowest BCUT2D eigenvalue weighted by molar-refractivity contribution is -0.173. The minimum atomic E-state index is -1.65. The van der Waals surface area contributed by atoms with Crippen LogP contribution in [0.2, 0.25) is 0 Å². The van der Waals surface area contributed by atoms with E-state index < -0.39 is 29.6 Å². The zero-order chi connectivity index (χ0) is 15.6. The molecule has 0 aliphatic carbocycles. The zero-order valence-electron chi connectivity index (χ0n) is 12.2. The fourth-order valence-electron chi connectivity index (χ4n) is 1.93. The summed E-state index contributed by atoms with van der Waals surface area (Å²) in [5.74, 6) is -2.27. The molecule has 0 N–H and O–H groups in total. The molecule has 0 rings (SSSR count). The third-order valence-electron chi connectivity index (χ3n) is 2.84. The highest BCUT2D eigenvalue weighted by molar-refractivity contribution is 6.00. The first kappa shape index (κ1) is 18.4. The maximum Gasteiger partial charge on any atom is 0.323 e. The zero-order valence-corrected chi connectivity index (χ0v) is 12.2. The van der Waals surface area contributed by atoms with E-state index in [1.165, 1.54) is 0 Å². The van der Waals surface area contributed by atoms with Gasteiger partial charge in [0.25, 0.3) is 0 Å². The number of hydrogen-bond acceptors (Lipinski definition) is 4. The van der Waals surface area contributed by atoms with Crippen molar-refractivity contribution < 1.29 is 23.5 Å². The first-order valence-corrected chi connectivity index (χ1v) is 6.73. The molecule has 0 saturated carbocycles. The topological polar surface area (TPSA) is 52.6 Å². The summed E-state index contributed by atoms with van der Waals surface area (Å²) in [6.45, 7) is 10.2. The highest BCUT2D eigenvalue weighted by Gasteiger charge is 2.48. The van der Waals surface area contributed by atoms with Crippen molar-refractivity contribution >= 4 is 11.9 Å². The van der Waals surface area contributed by atoms with Crippen LogP contribution >= 0.6 is 0 Å². The average molecular weight is 286 g/mol. The molecule has 0 heterocycles. The Morgan fingerprint density at radius 3 is 2.05 bits per heavy atom. The van der Waals surface area contributed by atoms with Crippen LogP contribution in [0.1, 0.15) is 39.5 Å². The molecule has 0 bridgehead atoms. The molecule has 0 aliphatic rings. The second kappa shape index (κ2) is 9.28. The standard InChI is InChI=1S/C15H23FO4/c1-5-8-9-10-15(11-12(4)16,13(17)19-6-2)14(18)20-7-3/h5H,1,4,6-11H2,2-3H3. The van der Waals surface area contributed by atoms with Gasteiger partial charge in [-0.3, -0.25) is 9.59 Å². The number of unbranched alkanes of at least 4 members (excludes halogenated alkanes) is 1. The molecule has 114 valence electrons. The van der Waals surface area contributed by atoms with Gasteiger partial charge in [0.1, 0.15) is 0 Å². The lowest BCUT2D eigenvalue weighted by Gasteiger charge is -2.28. The fraction of sp³-hybridized carbons (Fsp3) is 0.600. The summed E-state index contributed by atoms with van der Waals surface area (Å²) in [7, 11) is 0. The summed E-state index contributed by atoms with van der Waals surface area (Å²) < 4.78 is 23.1. The second-order valence-corrected chi connectivity index (χ2v) is 4.40. The number of rotatable bonds is 10. The molecule has 0 amide bonds. The smallest absolute Gasteiger partial charge is 0.323 e. The van der Waals surface area contributed by atoms with Crippen LogP contribution in [0, 0.1) is 5.41 Å². The first-order valence-electron chi connectivity index (χ1n) is 6.73. The van der Waals surface area contributed by atoms with Gasteiger partial charge in [0, 0.05) is 6.42 Å². The Bertz CT molecular complexity index is 345. The molecule has 0 aromatic heterocycles. The van der Waals surface area contributed by atoms with Crippen molar-refractivity contribution in [2.45, 2.75) is 39.5 Å². The molecule has 20 heavy (non-hydrogen) atoms. The molecule has 0 radical (unpaired) electrons. The van der Waals surface area contributed by atoms with Crippen LogP contribution < -0.4 is 0 Å². The van der Waals surface area contributed by atoms with Crippen molar-refractivity contribution in [3.05, 3.63) is 25.1 Å². The summed E-state index contributed by atoms with van der Waals surface area (Å²) in [5, 5.41) is 0. The van der Waals surface area contributed by atoms with Crippen molar-refractivity contribution in [3.63, 3.8) is 0 Å². The summed E-state index contributed by atoms with van der Waals surface area (Å²) >= 11 is 0. The van der Waals surface area contributed by atoms with E-state index >= 15 is 0 Å². The highest BCUT2D eigenvalue weighted by Crippen LogP contribution is 2.35. The SMILES string of the molecule is C=CCCCC(CC(=C)F)(C(=O)OCC)C(=O)OCC. The molecule has 0 saturated heterocycles. The van der Waals surface area contributed by atoms with Crippen molar-refractivity contribution in [2.24, 2.45) is 5.41 Å². The van der Waals surface area contributed by atoms with Crippen LogP contribution in [0.4, 0.5) is 4.39 Å². The van der Waals surface area contributed by atoms with Gasteiger partial charge in [0.15, 0.2) is 5.41 Å². The van der Waals surface area contributed by atoms with Gasteiger partial charge in [-0.25, -0.2) is 4.39 Å². The predicted octanol–water partition coefficient (Wildman–Crippen LogP) is 3.33. The van der Waals surface area contributed by atoms with Crippen molar-refractivity contribution in [2.75, 3.05) is 13.2 Å². The molecule has 0 spiro atoms. The Morgan fingerprint density at radius 2 is 1.70 bits per heavy atom. The van der Waals surface area contributed by atoms with Crippen LogP contribution in [0.5, 0.6) is 0 Å². The quantitative estimate of drug-likeness (QED) is 0.267. The number of ether oxygens (including phenoxy) is 2. The van der Waals surface area contributed by atoms with Crippen LogP contribution in [-0.2, 0) is 19.1 Å². The average Bonchev–Trinajstić information content (AvgIpc) is 2.37. The fourth-order valence-corrected chi connectivity index (χ4v) is 1.93. The molecule has 4 nitrogen and oxygen atoms in total. The van der Waals surface area contributed by atoms with Crippen molar-refractivity contribution in [3.8, 4) is 0 Å². The predicted molar refractivity (Wildman–Crippen MR) is 74.6 cm³/mol. The number of hydrogen-bond donors (Lipinski definition) is 0. The molecule has 0 aliphatic heterocycles. The lowest BCUT2D eigenvalue weighted by atomic mass is 9.79. The number of allylic oxidation sites excluding steroid dienone is 2. The van der Waals surface area contributed by atoms with Crippen LogP contribution in [-0.4, -0.2) is 25.2 Å². The molecule has 0 fully saturated rings. The van der Waals surface area contributed by atoms with E-state index in [1.807, 2.05) is 0 Å². The minimum Gasteiger partial charge on any atom is -0.465 e. The van der Waals surface area contributed by atoms with E-state index in [9.17, 15) is 14.0 Å². The monoisotopic (exact) mass is 286 g/mol. The number of carbonyl (C=O) groups is 2. The Labute approximate surface area is 119 Å². The van der Waals surface area contributed by atoms with E-state index in [4.69, 9.17) is 9.47 Å². The van der Waals surface area contributed by atoms with Gasteiger partial charge in [-0.2, -0.15) is 0 Å². The van der Waals surface area contributed by atoms with Gasteiger partial charge in [0.05, 0.1) is 19.0 Å². The third kappa shape index (κ3) is 5.15. The first-order chi connectivity index (χ1) is 9.44. The summed E-state index contributed by atoms with van der Waals surface area (Å²) in [4.78, 5) is 24.3. The van der Waals surface area contributed by atoms with Crippen LogP contribution in [0.3, 0.4) is 0 Å². The summed E-state index contributed by atoms with van der Waals surface area (Å²) in [6, 6.07) is 0. The van der Waals surface area contributed by atoms with E-state index in [0.717, 1.165) is 0 Å². The lowest BCUT2D eigenvalue weighted by Crippen LogP contribution is -2.42. The maximum atomic E-state index is 13.3. The van der Waals surface area contributed by atoms with Crippen molar-refractivity contribution in [1.29, 1.82) is 0 Å². The number of carbonyl (C=O) groups excluding carboxylic acids is 2. The Kier molecular flexibility index (Phi) is 8.52. The van der Waals surface area contributed by atoms with Gasteiger partial charge in [0.2, 0.25) is 0 Å². The number of esters is 2. The van der Waals surface area contributed by atoms with Crippen LogP contribution in [0.25, 0.3) is 0 Å². The second-order valence-electron chi connectivity index (χ2n) is 4.40.